The molecule has 156 valence electrons. The van der Waals surface area contributed by atoms with E-state index in [1.807, 2.05) is 30.3 Å². The fourth-order valence-electron chi connectivity index (χ4n) is 3.60. The first-order chi connectivity index (χ1) is 13.6. The molecule has 2 aromatic carbocycles. The molecule has 1 atom stereocenters. The van der Waals surface area contributed by atoms with Crippen molar-refractivity contribution in [2.75, 3.05) is 0 Å². The van der Waals surface area contributed by atoms with Crippen molar-refractivity contribution in [1.29, 1.82) is 0 Å². The average molecular weight is 444 g/mol. The van der Waals surface area contributed by atoms with Crippen LogP contribution in [0.4, 0.5) is 13.2 Å². The minimum absolute atomic E-state index is 0.0193. The molecule has 3 nitrogen and oxygen atoms in total. The van der Waals surface area contributed by atoms with Crippen molar-refractivity contribution in [3.05, 3.63) is 65.7 Å². The Morgan fingerprint density at radius 2 is 1.69 bits per heavy atom. The van der Waals surface area contributed by atoms with Crippen molar-refractivity contribution in [3.8, 4) is 5.75 Å². The first-order valence-corrected chi connectivity index (χ1v) is 12.1. The molecule has 0 radical (unpaired) electrons. The second kappa shape index (κ2) is 8.55. The number of rotatable bonds is 7. The van der Waals surface area contributed by atoms with Crippen LogP contribution < -0.4 is 9.61 Å². The molecule has 0 aromatic heterocycles. The van der Waals surface area contributed by atoms with Crippen LogP contribution in [0.25, 0.3) is 0 Å². The quantitative estimate of drug-likeness (QED) is 0.515. The maximum atomic E-state index is 13.1. The zero-order valence-corrected chi connectivity index (χ0v) is 17.4. The van der Waals surface area contributed by atoms with Crippen molar-refractivity contribution in [2.45, 2.75) is 43.8 Å². The average Bonchev–Trinajstić information content (AvgIpc) is 3.11. The lowest BCUT2D eigenvalue weighted by atomic mass is 9.89. The molecule has 29 heavy (non-hydrogen) atoms. The summed E-state index contributed by atoms with van der Waals surface area (Å²) in [4.78, 5) is 13.1. The zero-order valence-electron chi connectivity index (χ0n) is 15.7. The molecule has 2 aromatic rings. The van der Waals surface area contributed by atoms with Gasteiger partial charge in [-0.25, -0.2) is 5.09 Å². The molecule has 0 aliphatic heterocycles. The Bertz CT molecular complexity index is 894. The van der Waals surface area contributed by atoms with E-state index < -0.39 is 23.9 Å². The van der Waals surface area contributed by atoms with Gasteiger partial charge in [0, 0.05) is 6.42 Å². The number of ketones is 1. The van der Waals surface area contributed by atoms with Crippen LogP contribution in [-0.4, -0.2) is 17.6 Å². The van der Waals surface area contributed by atoms with Crippen molar-refractivity contribution >= 4 is 29.9 Å². The summed E-state index contributed by atoms with van der Waals surface area (Å²) in [7, 11) is 0. The van der Waals surface area contributed by atoms with Crippen LogP contribution in [0.3, 0.4) is 0 Å². The van der Waals surface area contributed by atoms with Gasteiger partial charge in [0.2, 0.25) is 0 Å². The number of hydrogen-bond acceptors (Lipinski definition) is 3. The van der Waals surface area contributed by atoms with E-state index in [9.17, 15) is 18.0 Å². The molecule has 3 rings (SSSR count). The fraction of sp³-hybridized carbons (Fsp3) is 0.333. The maximum absolute atomic E-state index is 13.1. The summed E-state index contributed by atoms with van der Waals surface area (Å²) >= 11 is 6.51. The second-order valence-electron chi connectivity index (χ2n) is 7.25. The molecule has 1 fully saturated rings. The van der Waals surface area contributed by atoms with Crippen LogP contribution in [0.2, 0.25) is 0 Å². The number of nitrogens with one attached hydrogen (secondary N) is 1. The molecule has 1 saturated carbocycles. The van der Waals surface area contributed by atoms with Gasteiger partial charge in [0.25, 0.3) is 0 Å². The standard InChI is InChI=1S/C21H22ClF3NO2P/c1-29(22,28-18-11-9-17(10-12-18)21(23,24)25)26-20(13-5-6-14-20)19(27)15-16-7-3-2-4-8-16/h2-4,7-12,26H,1,5-6,13-15H2. The smallest absolute Gasteiger partial charge is 0.416 e. The Morgan fingerprint density at radius 1 is 1.10 bits per heavy atom. The van der Waals surface area contributed by atoms with E-state index in [4.69, 9.17) is 15.8 Å². The van der Waals surface area contributed by atoms with E-state index in [1.165, 1.54) is 12.1 Å². The predicted molar refractivity (Wildman–Crippen MR) is 111 cm³/mol. The highest BCUT2D eigenvalue weighted by Crippen LogP contribution is 2.52. The summed E-state index contributed by atoms with van der Waals surface area (Å²) < 4.78 is 43.9. The Balaban J connectivity index is 1.73. The summed E-state index contributed by atoms with van der Waals surface area (Å²) in [5, 5.41) is 3.15. The lowest BCUT2D eigenvalue weighted by molar-refractivity contribution is -0.137. The summed E-state index contributed by atoms with van der Waals surface area (Å²) in [6.07, 6.45) is 2.76. The molecule has 1 N–H and O–H groups in total. The lowest BCUT2D eigenvalue weighted by Crippen LogP contribution is -2.48. The number of Topliss-reactive ketones (excluding diaryl/α,β-unsaturated/α-hetero) is 1. The molecule has 0 heterocycles. The van der Waals surface area contributed by atoms with Gasteiger partial charge in [0.1, 0.15) is 5.75 Å². The highest BCUT2D eigenvalue weighted by atomic mass is 35.7. The van der Waals surface area contributed by atoms with Crippen LogP contribution in [0.5, 0.6) is 5.75 Å². The largest absolute Gasteiger partial charge is 0.450 e. The molecule has 0 saturated heterocycles. The Hall–Kier alpha value is -1.75. The number of benzene rings is 2. The van der Waals surface area contributed by atoms with Crippen LogP contribution in [-0.2, 0) is 17.4 Å². The van der Waals surface area contributed by atoms with Gasteiger partial charge in [-0.15, -0.1) is 0 Å². The SMILES string of the molecule is C=P(Cl)(NC1(C(=O)Cc2ccccc2)CCCC1)Oc1ccc(C(F)(F)F)cc1. The molecular formula is C21H22ClF3NO2P. The molecule has 1 unspecified atom stereocenters. The van der Waals surface area contributed by atoms with E-state index in [2.05, 4.69) is 11.4 Å². The summed E-state index contributed by atoms with van der Waals surface area (Å²) in [5.74, 6) is 0.193. The zero-order chi connectivity index (χ0) is 21.1. The molecule has 0 spiro atoms. The van der Waals surface area contributed by atoms with Crippen LogP contribution in [0.15, 0.2) is 54.6 Å². The first kappa shape index (κ1) is 21.9. The van der Waals surface area contributed by atoms with Gasteiger partial charge in [0.05, 0.1) is 11.1 Å². The highest BCUT2D eigenvalue weighted by molar-refractivity contribution is 7.91. The van der Waals surface area contributed by atoms with Crippen molar-refractivity contribution < 1.29 is 22.5 Å². The van der Waals surface area contributed by atoms with Gasteiger partial charge in [0.15, 0.2) is 12.4 Å². The Kier molecular flexibility index (Phi) is 6.47. The number of carbonyl (C=O) groups is 1. The highest BCUT2D eigenvalue weighted by Gasteiger charge is 2.43. The van der Waals surface area contributed by atoms with Gasteiger partial charge in [-0.2, -0.15) is 13.2 Å². The van der Waals surface area contributed by atoms with Crippen molar-refractivity contribution in [3.63, 3.8) is 0 Å². The number of alkyl halides is 3. The van der Waals surface area contributed by atoms with Crippen LogP contribution >= 0.6 is 17.9 Å². The molecule has 0 bridgehead atoms. The van der Waals surface area contributed by atoms with Gasteiger partial charge < -0.3 is 4.52 Å². The summed E-state index contributed by atoms with van der Waals surface area (Å²) in [6, 6.07) is 13.7. The predicted octanol–water partition coefficient (Wildman–Crippen LogP) is 6.23. The van der Waals surface area contributed by atoms with Gasteiger partial charge >= 0.3 is 6.18 Å². The Labute approximate surface area is 173 Å². The molecule has 8 heteroatoms. The number of carbonyl (C=O) groups excluding carboxylic acids is 1. The van der Waals surface area contributed by atoms with E-state index in [-0.39, 0.29) is 18.0 Å². The summed E-state index contributed by atoms with van der Waals surface area (Å²) in [5.41, 5.74) is -0.693. The van der Waals surface area contributed by atoms with E-state index in [0.717, 1.165) is 30.5 Å². The minimum Gasteiger partial charge on any atom is -0.450 e. The third-order valence-electron chi connectivity index (χ3n) is 5.01. The fourth-order valence-corrected chi connectivity index (χ4v) is 5.81. The van der Waals surface area contributed by atoms with Gasteiger partial charge in [-0.1, -0.05) is 43.2 Å². The van der Waals surface area contributed by atoms with E-state index in [0.29, 0.717) is 12.8 Å². The van der Waals surface area contributed by atoms with Gasteiger partial charge in [-0.05, 0) is 60.2 Å². The Morgan fingerprint density at radius 3 is 2.24 bits per heavy atom. The van der Waals surface area contributed by atoms with Crippen molar-refractivity contribution in [1.82, 2.24) is 5.09 Å². The molecule has 1 aliphatic rings. The number of hydrogen-bond donors (Lipinski definition) is 1. The van der Waals surface area contributed by atoms with Crippen LogP contribution in [0.1, 0.15) is 36.8 Å². The lowest BCUT2D eigenvalue weighted by Gasteiger charge is -2.34. The third kappa shape index (κ3) is 5.65. The summed E-state index contributed by atoms with van der Waals surface area (Å²) in [6.45, 7) is -3.02. The maximum Gasteiger partial charge on any atom is 0.416 e. The second-order valence-corrected chi connectivity index (χ2v) is 10.6. The van der Waals surface area contributed by atoms with E-state index in [1.54, 1.807) is 0 Å². The van der Waals surface area contributed by atoms with Gasteiger partial charge in [-0.3, -0.25) is 4.79 Å². The van der Waals surface area contributed by atoms with Crippen molar-refractivity contribution in [2.24, 2.45) is 0 Å². The van der Waals surface area contributed by atoms with E-state index >= 15 is 0 Å². The molecular weight excluding hydrogens is 422 g/mol. The monoisotopic (exact) mass is 443 g/mol. The molecule has 1 aliphatic carbocycles. The topological polar surface area (TPSA) is 38.3 Å². The third-order valence-corrected chi connectivity index (χ3v) is 6.73. The normalized spacial score (nSPS) is 18.2. The van der Waals surface area contributed by atoms with Crippen LogP contribution in [0, 0.1) is 0 Å². The first-order valence-electron chi connectivity index (χ1n) is 9.26. The number of halogens is 4. The molecule has 0 amide bonds. The minimum atomic E-state index is -4.42.